The van der Waals surface area contributed by atoms with Crippen LogP contribution in [0.2, 0.25) is 0 Å². The lowest BCUT2D eigenvalue weighted by Gasteiger charge is -2.30. The van der Waals surface area contributed by atoms with Gasteiger partial charge in [0.2, 0.25) is 6.79 Å². The predicted octanol–water partition coefficient (Wildman–Crippen LogP) is 3.07. The summed E-state index contributed by atoms with van der Waals surface area (Å²) in [5, 5.41) is 2.89. The summed E-state index contributed by atoms with van der Waals surface area (Å²) in [6.07, 6.45) is 0. The summed E-state index contributed by atoms with van der Waals surface area (Å²) in [5.74, 6) is 1.38. The molecule has 1 aromatic rings. The molecule has 1 N–H and O–H groups in total. The Balaban J connectivity index is 2.10. The number of ether oxygens (including phenoxy) is 2. The van der Waals surface area contributed by atoms with E-state index >= 15 is 0 Å². The molecule has 1 aliphatic rings. The number of amides is 2. The van der Waals surface area contributed by atoms with Crippen LogP contribution in [0, 0.1) is 0 Å². The first-order valence-electron chi connectivity index (χ1n) is 6.48. The van der Waals surface area contributed by atoms with Gasteiger partial charge in [-0.2, -0.15) is 0 Å². The van der Waals surface area contributed by atoms with Crippen LogP contribution in [0.25, 0.3) is 0 Å². The fourth-order valence-corrected chi connectivity index (χ4v) is 2.23. The highest BCUT2D eigenvalue weighted by Crippen LogP contribution is 2.34. The minimum absolute atomic E-state index is 0.108. The third-order valence-electron chi connectivity index (χ3n) is 2.97. The molecule has 2 rings (SSSR count). The maximum absolute atomic E-state index is 12.2. The van der Waals surface area contributed by atoms with Crippen molar-refractivity contribution in [3.05, 3.63) is 18.2 Å². The van der Waals surface area contributed by atoms with Gasteiger partial charge in [0.25, 0.3) is 0 Å². The number of hydrogen-bond acceptors (Lipinski definition) is 3. The van der Waals surface area contributed by atoms with E-state index in [1.165, 1.54) is 0 Å². The van der Waals surface area contributed by atoms with E-state index in [1.54, 1.807) is 17.0 Å². The number of rotatable bonds is 3. The zero-order valence-electron chi connectivity index (χ0n) is 11.8. The molecule has 0 saturated carbocycles. The molecule has 1 aliphatic heterocycles. The molecule has 0 fully saturated rings. The van der Waals surface area contributed by atoms with E-state index in [9.17, 15) is 4.79 Å². The molecule has 0 spiro atoms. The quantitative estimate of drug-likeness (QED) is 0.912. The molecule has 0 unspecified atom stereocenters. The van der Waals surface area contributed by atoms with Crippen molar-refractivity contribution in [2.24, 2.45) is 0 Å². The zero-order valence-corrected chi connectivity index (χ0v) is 11.8. The lowest BCUT2D eigenvalue weighted by atomic mass is 10.2. The maximum atomic E-state index is 12.2. The average Bonchev–Trinajstić information content (AvgIpc) is 2.74. The lowest BCUT2D eigenvalue weighted by molar-refractivity contribution is 0.174. The monoisotopic (exact) mass is 264 g/mol. The Labute approximate surface area is 113 Å². The zero-order chi connectivity index (χ0) is 14.0. The van der Waals surface area contributed by atoms with E-state index < -0.39 is 0 Å². The number of benzene rings is 1. The third-order valence-corrected chi connectivity index (χ3v) is 2.97. The van der Waals surface area contributed by atoms with Crippen molar-refractivity contribution in [1.82, 2.24) is 4.90 Å². The fourth-order valence-electron chi connectivity index (χ4n) is 2.23. The molecule has 2 amide bonds. The molecule has 0 radical (unpaired) electrons. The van der Waals surface area contributed by atoms with Crippen LogP contribution in [0.1, 0.15) is 27.7 Å². The number of urea groups is 1. The molecule has 0 atom stereocenters. The van der Waals surface area contributed by atoms with Crippen LogP contribution >= 0.6 is 0 Å². The smallest absolute Gasteiger partial charge is 0.322 e. The molecule has 0 bridgehead atoms. The van der Waals surface area contributed by atoms with Gasteiger partial charge in [-0.15, -0.1) is 0 Å². The van der Waals surface area contributed by atoms with Crippen molar-refractivity contribution < 1.29 is 14.3 Å². The van der Waals surface area contributed by atoms with Crippen molar-refractivity contribution in [2.45, 2.75) is 39.8 Å². The third kappa shape index (κ3) is 2.92. The number of nitrogens with one attached hydrogen (secondary N) is 1. The Kier molecular flexibility index (Phi) is 3.83. The average molecular weight is 264 g/mol. The van der Waals surface area contributed by atoms with Crippen LogP contribution in [0.5, 0.6) is 11.5 Å². The number of carbonyl (C=O) groups is 1. The number of nitrogens with zero attached hydrogens (tertiary/aromatic N) is 1. The molecule has 0 aromatic heterocycles. The summed E-state index contributed by atoms with van der Waals surface area (Å²) in [4.78, 5) is 14.0. The molecule has 0 aliphatic carbocycles. The van der Waals surface area contributed by atoms with Gasteiger partial charge in [0.1, 0.15) is 0 Å². The van der Waals surface area contributed by atoms with E-state index in [0.717, 1.165) is 0 Å². The number of fused-ring (bicyclic) bond motifs is 1. The van der Waals surface area contributed by atoms with E-state index in [4.69, 9.17) is 9.47 Å². The van der Waals surface area contributed by atoms with Gasteiger partial charge >= 0.3 is 6.03 Å². The van der Waals surface area contributed by atoms with Gasteiger partial charge in [-0.25, -0.2) is 4.79 Å². The van der Waals surface area contributed by atoms with Crippen LogP contribution in [-0.4, -0.2) is 29.8 Å². The summed E-state index contributed by atoms with van der Waals surface area (Å²) >= 11 is 0. The fraction of sp³-hybridized carbons (Fsp3) is 0.500. The van der Waals surface area contributed by atoms with Crippen molar-refractivity contribution in [1.29, 1.82) is 0 Å². The summed E-state index contributed by atoms with van der Waals surface area (Å²) in [6.45, 7) is 8.23. The van der Waals surface area contributed by atoms with Crippen LogP contribution in [-0.2, 0) is 0 Å². The van der Waals surface area contributed by atoms with Crippen LogP contribution in [0.3, 0.4) is 0 Å². The molecule has 1 heterocycles. The SMILES string of the molecule is CC(C)N(C(=O)Nc1ccc2c(c1)OCO2)C(C)C. The maximum Gasteiger partial charge on any atom is 0.322 e. The number of carbonyl (C=O) groups excluding carboxylic acids is 1. The van der Waals surface area contributed by atoms with Gasteiger partial charge in [0.15, 0.2) is 11.5 Å². The van der Waals surface area contributed by atoms with Gasteiger partial charge in [-0.1, -0.05) is 0 Å². The van der Waals surface area contributed by atoms with Crippen LogP contribution in [0.15, 0.2) is 18.2 Å². The Hall–Kier alpha value is -1.91. The molecule has 5 nitrogen and oxygen atoms in total. The standard InChI is InChI=1S/C14H20N2O3/c1-9(2)16(10(3)4)14(17)15-11-5-6-12-13(7-11)19-8-18-12/h5-7,9-10H,8H2,1-4H3,(H,15,17). The van der Waals surface area contributed by atoms with Gasteiger partial charge < -0.3 is 19.7 Å². The lowest BCUT2D eigenvalue weighted by Crippen LogP contribution is -2.44. The highest BCUT2D eigenvalue weighted by molar-refractivity contribution is 5.90. The first kappa shape index (κ1) is 13.5. The molecular weight excluding hydrogens is 244 g/mol. The summed E-state index contributed by atoms with van der Waals surface area (Å²) < 4.78 is 10.5. The molecule has 1 aromatic carbocycles. The highest BCUT2D eigenvalue weighted by atomic mass is 16.7. The van der Waals surface area contributed by atoms with Gasteiger partial charge in [0.05, 0.1) is 0 Å². The normalized spacial score (nSPS) is 12.9. The van der Waals surface area contributed by atoms with E-state index in [2.05, 4.69) is 5.32 Å². The number of hydrogen-bond donors (Lipinski definition) is 1. The Bertz CT molecular complexity index is 464. The molecule has 0 saturated heterocycles. The first-order chi connectivity index (χ1) is 8.99. The van der Waals surface area contributed by atoms with Crippen molar-refractivity contribution in [3.63, 3.8) is 0 Å². The molecule has 5 heteroatoms. The first-order valence-corrected chi connectivity index (χ1v) is 6.48. The Morgan fingerprint density at radius 3 is 2.42 bits per heavy atom. The minimum Gasteiger partial charge on any atom is -0.454 e. The second-order valence-electron chi connectivity index (χ2n) is 5.09. The van der Waals surface area contributed by atoms with Crippen molar-refractivity contribution in [2.75, 3.05) is 12.1 Å². The van der Waals surface area contributed by atoms with Crippen LogP contribution < -0.4 is 14.8 Å². The van der Waals surface area contributed by atoms with Gasteiger partial charge in [-0.3, -0.25) is 0 Å². The minimum atomic E-state index is -0.108. The summed E-state index contributed by atoms with van der Waals surface area (Å²) in [6, 6.07) is 5.57. The topological polar surface area (TPSA) is 50.8 Å². The molecular formula is C14H20N2O3. The Morgan fingerprint density at radius 2 is 1.79 bits per heavy atom. The second kappa shape index (κ2) is 5.38. The number of anilines is 1. The van der Waals surface area contributed by atoms with Gasteiger partial charge in [0, 0.05) is 23.8 Å². The van der Waals surface area contributed by atoms with E-state index in [1.807, 2.05) is 33.8 Å². The highest BCUT2D eigenvalue weighted by Gasteiger charge is 2.21. The van der Waals surface area contributed by atoms with E-state index in [0.29, 0.717) is 17.2 Å². The summed E-state index contributed by atoms with van der Waals surface area (Å²) in [5.41, 5.74) is 0.709. The van der Waals surface area contributed by atoms with E-state index in [-0.39, 0.29) is 24.9 Å². The predicted molar refractivity (Wildman–Crippen MR) is 73.7 cm³/mol. The van der Waals surface area contributed by atoms with Crippen molar-refractivity contribution >= 4 is 11.7 Å². The Morgan fingerprint density at radius 1 is 1.16 bits per heavy atom. The molecule has 19 heavy (non-hydrogen) atoms. The van der Waals surface area contributed by atoms with Gasteiger partial charge in [-0.05, 0) is 39.8 Å². The second-order valence-corrected chi connectivity index (χ2v) is 5.09. The van der Waals surface area contributed by atoms with Crippen LogP contribution in [0.4, 0.5) is 10.5 Å². The molecule has 104 valence electrons. The largest absolute Gasteiger partial charge is 0.454 e. The summed E-state index contributed by atoms with van der Waals surface area (Å²) in [7, 11) is 0. The van der Waals surface area contributed by atoms with Crippen molar-refractivity contribution in [3.8, 4) is 11.5 Å².